The summed E-state index contributed by atoms with van der Waals surface area (Å²) in [7, 11) is 0. The molecule has 0 aliphatic carbocycles. The Hall–Kier alpha value is -4.40. The summed E-state index contributed by atoms with van der Waals surface area (Å²) in [5.41, 5.74) is 5.32. The minimum atomic E-state index is -4.75. The summed E-state index contributed by atoms with van der Waals surface area (Å²) in [6.07, 6.45) is -1.54. The van der Waals surface area contributed by atoms with Gasteiger partial charge in [-0.25, -0.2) is 15.0 Å². The van der Waals surface area contributed by atoms with Gasteiger partial charge in [-0.2, -0.15) is 0 Å². The smallest absolute Gasteiger partial charge is 0.406 e. The van der Waals surface area contributed by atoms with Gasteiger partial charge in [0.1, 0.15) is 17.9 Å². The van der Waals surface area contributed by atoms with Crippen LogP contribution in [0.15, 0.2) is 85.3 Å². The number of fused-ring (bicyclic) bond motifs is 1. The molecule has 0 spiro atoms. The van der Waals surface area contributed by atoms with Crippen molar-refractivity contribution in [2.45, 2.75) is 6.36 Å². The molecular weight excluding hydrogens is 431 g/mol. The van der Waals surface area contributed by atoms with Crippen LogP contribution in [0.2, 0.25) is 0 Å². The van der Waals surface area contributed by atoms with Crippen molar-refractivity contribution < 1.29 is 17.9 Å². The molecule has 2 N–H and O–H groups in total. The molecule has 9 heteroatoms. The highest BCUT2D eigenvalue weighted by molar-refractivity contribution is 5.81. The molecule has 0 unspecified atom stereocenters. The van der Waals surface area contributed by atoms with E-state index in [1.54, 1.807) is 6.20 Å². The molecule has 5 aromatic rings. The molecule has 0 radical (unpaired) electrons. The van der Waals surface area contributed by atoms with Gasteiger partial charge in [0.2, 0.25) is 0 Å². The van der Waals surface area contributed by atoms with Gasteiger partial charge in [0.05, 0.1) is 16.7 Å². The van der Waals surface area contributed by atoms with Crippen molar-refractivity contribution in [3.8, 4) is 28.4 Å². The molecule has 6 nitrogen and oxygen atoms in total. The number of hydrogen-bond acceptors (Lipinski definition) is 5. The van der Waals surface area contributed by atoms with Crippen LogP contribution < -0.4 is 10.1 Å². The standard InChI is InChI=1S/C24H16F3N5O/c25-24(26,27)33-19-8-9-21-22(13-19)32-23(31-21)16-2-1-3-18(12-16)30-17-6-4-15(5-7-17)20-10-11-28-14-29-20/h1-14,30H,(H,31,32). The second kappa shape index (κ2) is 8.27. The molecule has 0 aliphatic rings. The van der Waals surface area contributed by atoms with Crippen molar-refractivity contribution in [1.82, 2.24) is 19.9 Å². The third kappa shape index (κ3) is 4.77. The molecule has 33 heavy (non-hydrogen) atoms. The van der Waals surface area contributed by atoms with E-state index in [1.165, 1.54) is 24.5 Å². The second-order valence-electron chi connectivity index (χ2n) is 7.19. The third-order valence-electron chi connectivity index (χ3n) is 4.87. The number of anilines is 2. The second-order valence-corrected chi connectivity index (χ2v) is 7.19. The Balaban J connectivity index is 1.36. The number of nitrogens with zero attached hydrogens (tertiary/aromatic N) is 3. The maximum atomic E-state index is 12.5. The highest BCUT2D eigenvalue weighted by atomic mass is 19.4. The first kappa shape index (κ1) is 20.5. The van der Waals surface area contributed by atoms with Crippen LogP contribution in [-0.4, -0.2) is 26.3 Å². The van der Waals surface area contributed by atoms with Crippen molar-refractivity contribution in [2.24, 2.45) is 0 Å². The monoisotopic (exact) mass is 447 g/mol. The van der Waals surface area contributed by atoms with Gasteiger partial charge in [0.15, 0.2) is 0 Å². The van der Waals surface area contributed by atoms with Crippen LogP contribution in [-0.2, 0) is 0 Å². The van der Waals surface area contributed by atoms with E-state index in [2.05, 4.69) is 30.0 Å². The van der Waals surface area contributed by atoms with Crippen molar-refractivity contribution >= 4 is 22.4 Å². The van der Waals surface area contributed by atoms with E-state index < -0.39 is 6.36 Å². The van der Waals surface area contributed by atoms with Gasteiger partial charge in [-0.05, 0) is 42.5 Å². The van der Waals surface area contributed by atoms with Crippen molar-refractivity contribution in [3.63, 3.8) is 0 Å². The quantitative estimate of drug-likeness (QED) is 0.329. The first-order valence-electron chi connectivity index (χ1n) is 9.92. The molecule has 164 valence electrons. The van der Waals surface area contributed by atoms with E-state index in [0.717, 1.165) is 28.2 Å². The predicted molar refractivity (Wildman–Crippen MR) is 119 cm³/mol. The number of imidazole rings is 1. The van der Waals surface area contributed by atoms with Crippen LogP contribution in [0.4, 0.5) is 24.5 Å². The number of hydrogen-bond donors (Lipinski definition) is 2. The summed E-state index contributed by atoms with van der Waals surface area (Å²) >= 11 is 0. The minimum Gasteiger partial charge on any atom is -0.406 e. The summed E-state index contributed by atoms with van der Waals surface area (Å²) in [6.45, 7) is 0. The first-order valence-corrected chi connectivity index (χ1v) is 9.92. The molecule has 5 rings (SSSR count). The number of aromatic amines is 1. The summed E-state index contributed by atoms with van der Waals surface area (Å²) in [6, 6.07) is 21.2. The Morgan fingerprint density at radius 3 is 2.45 bits per heavy atom. The van der Waals surface area contributed by atoms with Crippen molar-refractivity contribution in [3.05, 3.63) is 85.3 Å². The molecule has 0 fully saturated rings. The number of alkyl halides is 3. The van der Waals surface area contributed by atoms with Crippen LogP contribution in [0.3, 0.4) is 0 Å². The number of nitrogens with one attached hydrogen (secondary N) is 2. The average Bonchev–Trinajstić information content (AvgIpc) is 3.23. The third-order valence-corrected chi connectivity index (χ3v) is 4.87. The molecule has 0 saturated carbocycles. The molecule has 0 bridgehead atoms. The highest BCUT2D eigenvalue weighted by Gasteiger charge is 2.31. The normalized spacial score (nSPS) is 11.5. The number of halogens is 3. The Bertz CT molecular complexity index is 1400. The maximum Gasteiger partial charge on any atom is 0.573 e. The fourth-order valence-electron chi connectivity index (χ4n) is 3.42. The van der Waals surface area contributed by atoms with Gasteiger partial charge in [0, 0.05) is 34.8 Å². The lowest BCUT2D eigenvalue weighted by Gasteiger charge is -2.09. The SMILES string of the molecule is FC(F)(F)Oc1ccc2nc(-c3cccc(Nc4ccc(-c5ccncn5)cc4)c3)[nH]c2c1. The Kier molecular flexibility index (Phi) is 5.14. The average molecular weight is 447 g/mol. The van der Waals surface area contributed by atoms with Gasteiger partial charge >= 0.3 is 6.36 Å². The van der Waals surface area contributed by atoms with Crippen LogP contribution in [0.1, 0.15) is 0 Å². The zero-order valence-corrected chi connectivity index (χ0v) is 17.0. The van der Waals surface area contributed by atoms with Crippen molar-refractivity contribution in [2.75, 3.05) is 5.32 Å². The van der Waals surface area contributed by atoms with E-state index in [9.17, 15) is 13.2 Å². The molecule has 0 saturated heterocycles. The lowest BCUT2D eigenvalue weighted by atomic mass is 10.1. The van der Waals surface area contributed by atoms with E-state index >= 15 is 0 Å². The number of benzene rings is 3. The van der Waals surface area contributed by atoms with Gasteiger partial charge in [-0.3, -0.25) is 0 Å². The van der Waals surface area contributed by atoms with E-state index in [0.29, 0.717) is 16.9 Å². The van der Waals surface area contributed by atoms with Gasteiger partial charge in [-0.1, -0.05) is 24.3 Å². The first-order chi connectivity index (χ1) is 15.9. The fraction of sp³-hybridized carbons (Fsp3) is 0.0417. The summed E-state index contributed by atoms with van der Waals surface area (Å²) in [5.74, 6) is 0.239. The van der Waals surface area contributed by atoms with Gasteiger partial charge in [-0.15, -0.1) is 13.2 Å². The Morgan fingerprint density at radius 2 is 1.70 bits per heavy atom. The molecule has 0 aliphatic heterocycles. The lowest BCUT2D eigenvalue weighted by Crippen LogP contribution is -2.16. The van der Waals surface area contributed by atoms with Crippen LogP contribution in [0.5, 0.6) is 5.75 Å². The van der Waals surface area contributed by atoms with Crippen LogP contribution >= 0.6 is 0 Å². The maximum absolute atomic E-state index is 12.5. The van der Waals surface area contributed by atoms with E-state index in [-0.39, 0.29) is 5.75 Å². The predicted octanol–water partition coefficient (Wildman–Crippen LogP) is 6.33. The molecule has 2 aromatic heterocycles. The van der Waals surface area contributed by atoms with Crippen LogP contribution in [0, 0.1) is 0 Å². The van der Waals surface area contributed by atoms with E-state index in [4.69, 9.17) is 0 Å². The fourth-order valence-corrected chi connectivity index (χ4v) is 3.42. The number of ether oxygens (including phenoxy) is 1. The van der Waals surface area contributed by atoms with Crippen LogP contribution in [0.25, 0.3) is 33.7 Å². The molecule has 2 heterocycles. The number of rotatable bonds is 5. The summed E-state index contributed by atoms with van der Waals surface area (Å²) in [5, 5.41) is 3.34. The molecule has 0 atom stereocenters. The molecule has 0 amide bonds. The Morgan fingerprint density at radius 1 is 0.848 bits per heavy atom. The lowest BCUT2D eigenvalue weighted by molar-refractivity contribution is -0.274. The summed E-state index contributed by atoms with van der Waals surface area (Å²) < 4.78 is 41.4. The highest BCUT2D eigenvalue weighted by Crippen LogP contribution is 2.29. The molecular formula is C24H16F3N5O. The zero-order chi connectivity index (χ0) is 22.8. The Labute approximate surface area is 186 Å². The summed E-state index contributed by atoms with van der Waals surface area (Å²) in [4.78, 5) is 15.7. The molecule has 3 aromatic carbocycles. The number of H-pyrrole nitrogens is 1. The zero-order valence-electron chi connectivity index (χ0n) is 17.0. The minimum absolute atomic E-state index is 0.300. The topological polar surface area (TPSA) is 75.7 Å². The van der Waals surface area contributed by atoms with Crippen molar-refractivity contribution in [1.29, 1.82) is 0 Å². The van der Waals surface area contributed by atoms with E-state index in [1.807, 2.05) is 54.6 Å². The van der Waals surface area contributed by atoms with Gasteiger partial charge < -0.3 is 15.0 Å². The number of aromatic nitrogens is 4. The van der Waals surface area contributed by atoms with Gasteiger partial charge in [0.25, 0.3) is 0 Å². The largest absolute Gasteiger partial charge is 0.573 e.